The van der Waals surface area contributed by atoms with E-state index in [-0.39, 0.29) is 33.5 Å². The lowest BCUT2D eigenvalue weighted by molar-refractivity contribution is -0.384. The maximum atomic E-state index is 12.4. The Bertz CT molecular complexity index is 1270. The van der Waals surface area contributed by atoms with Crippen molar-refractivity contribution in [2.75, 3.05) is 0 Å². The van der Waals surface area contributed by atoms with Crippen LogP contribution in [0.5, 0.6) is 0 Å². The molecule has 0 unspecified atom stereocenters. The number of pyridine rings is 1. The molecule has 0 spiro atoms. The summed E-state index contributed by atoms with van der Waals surface area (Å²) >= 11 is 12.5. The quantitative estimate of drug-likeness (QED) is 0.368. The number of fused-ring (bicyclic) bond motifs is 1. The first-order chi connectivity index (χ1) is 13.3. The summed E-state index contributed by atoms with van der Waals surface area (Å²) in [5.74, 6) is 0.635. The van der Waals surface area contributed by atoms with Gasteiger partial charge in [0.2, 0.25) is 0 Å². The Morgan fingerprint density at radius 1 is 1.18 bits per heavy atom. The molecule has 4 aromatic rings. The third kappa shape index (κ3) is 3.04. The molecule has 28 heavy (non-hydrogen) atoms. The molecule has 11 heteroatoms. The minimum absolute atomic E-state index is 0.0640. The maximum Gasteiger partial charge on any atom is 0.272 e. The Labute approximate surface area is 166 Å². The summed E-state index contributed by atoms with van der Waals surface area (Å²) in [6.07, 6.45) is 1.50. The van der Waals surface area contributed by atoms with E-state index < -0.39 is 4.92 Å². The molecule has 0 saturated carbocycles. The molecule has 142 valence electrons. The van der Waals surface area contributed by atoms with Crippen LogP contribution in [-0.2, 0) is 6.54 Å². The fraction of sp³-hybridized carbons (Fsp3) is 0.118. The van der Waals surface area contributed by atoms with Crippen LogP contribution in [0, 0.1) is 17.0 Å². The summed E-state index contributed by atoms with van der Waals surface area (Å²) in [7, 11) is 0. The largest absolute Gasteiger partial charge is 0.361 e. The van der Waals surface area contributed by atoms with E-state index in [0.717, 1.165) is 0 Å². The number of nitrogens with zero attached hydrogens (tertiary/aromatic N) is 5. The molecule has 9 nitrogen and oxygen atoms in total. The zero-order valence-electron chi connectivity index (χ0n) is 14.3. The van der Waals surface area contributed by atoms with Crippen LogP contribution in [0.3, 0.4) is 0 Å². The van der Waals surface area contributed by atoms with Crippen LogP contribution in [-0.4, -0.2) is 24.4 Å². The molecule has 0 atom stereocenters. The number of nitro benzene ring substituents is 1. The third-order valence-corrected chi connectivity index (χ3v) is 4.72. The minimum Gasteiger partial charge on any atom is -0.361 e. The van der Waals surface area contributed by atoms with Gasteiger partial charge < -0.3 is 4.52 Å². The first-order valence-corrected chi connectivity index (χ1v) is 8.74. The van der Waals surface area contributed by atoms with Gasteiger partial charge in [-0.1, -0.05) is 28.4 Å². The van der Waals surface area contributed by atoms with Crippen molar-refractivity contribution in [3.05, 3.63) is 78.5 Å². The highest BCUT2D eigenvalue weighted by Crippen LogP contribution is 2.34. The number of aromatic nitrogens is 4. The fourth-order valence-corrected chi connectivity index (χ4v) is 3.56. The van der Waals surface area contributed by atoms with Gasteiger partial charge in [-0.3, -0.25) is 19.5 Å². The standard InChI is InChI=1S/C17H11Cl2N5O4/c1-9-4-10(21-28-9)8-22-15-7-20-23(14(15)2-3-16(22)25)17-12(18)5-11(24(26)27)6-13(17)19/h2-7H,8H2,1H3. The highest BCUT2D eigenvalue weighted by atomic mass is 35.5. The van der Waals surface area contributed by atoms with Crippen LogP contribution in [0.25, 0.3) is 16.7 Å². The normalized spacial score (nSPS) is 11.2. The second kappa shape index (κ2) is 6.77. The number of halogens is 2. The molecule has 0 radical (unpaired) electrons. The predicted molar refractivity (Wildman–Crippen MR) is 102 cm³/mol. The zero-order chi connectivity index (χ0) is 20.0. The molecule has 0 amide bonds. The Morgan fingerprint density at radius 3 is 2.50 bits per heavy atom. The molecular formula is C17H11Cl2N5O4. The van der Waals surface area contributed by atoms with Gasteiger partial charge in [-0.2, -0.15) is 5.10 Å². The SMILES string of the molecule is Cc1cc(Cn2c(=O)ccc3c2cnn3-c2c(Cl)cc([N+](=O)[O-])cc2Cl)no1. The maximum absolute atomic E-state index is 12.4. The van der Waals surface area contributed by atoms with E-state index in [1.165, 1.54) is 33.6 Å². The van der Waals surface area contributed by atoms with Gasteiger partial charge in [0.1, 0.15) is 17.1 Å². The van der Waals surface area contributed by atoms with Crippen LogP contribution in [0.1, 0.15) is 11.5 Å². The molecule has 0 bridgehead atoms. The first kappa shape index (κ1) is 18.2. The minimum atomic E-state index is -0.583. The number of nitro groups is 1. The summed E-state index contributed by atoms with van der Waals surface area (Å²) < 4.78 is 7.98. The second-order valence-corrected chi connectivity index (χ2v) is 6.84. The van der Waals surface area contributed by atoms with E-state index >= 15 is 0 Å². The first-order valence-electron chi connectivity index (χ1n) is 7.98. The van der Waals surface area contributed by atoms with Gasteiger partial charge in [0, 0.05) is 24.3 Å². The number of aryl methyl sites for hydroxylation is 1. The Morgan fingerprint density at radius 2 is 1.89 bits per heavy atom. The summed E-state index contributed by atoms with van der Waals surface area (Å²) in [5, 5.41) is 19.3. The van der Waals surface area contributed by atoms with Crippen LogP contribution >= 0.6 is 23.2 Å². The molecule has 1 aromatic carbocycles. The van der Waals surface area contributed by atoms with Gasteiger partial charge in [0.15, 0.2) is 0 Å². The van der Waals surface area contributed by atoms with E-state index in [1.807, 2.05) is 0 Å². The zero-order valence-corrected chi connectivity index (χ0v) is 15.8. The van der Waals surface area contributed by atoms with E-state index in [1.54, 1.807) is 19.1 Å². The molecular weight excluding hydrogens is 409 g/mol. The van der Waals surface area contributed by atoms with Crippen LogP contribution in [0.15, 0.2) is 45.8 Å². The molecule has 0 aliphatic rings. The number of benzene rings is 1. The Kier molecular flexibility index (Phi) is 4.40. The Hall–Kier alpha value is -3.17. The van der Waals surface area contributed by atoms with Crippen molar-refractivity contribution in [3.63, 3.8) is 0 Å². The number of rotatable bonds is 4. The number of hydrogen-bond donors (Lipinski definition) is 0. The summed E-state index contributed by atoms with van der Waals surface area (Å²) in [6.45, 7) is 1.96. The van der Waals surface area contributed by atoms with Crippen molar-refractivity contribution in [3.8, 4) is 5.69 Å². The highest BCUT2D eigenvalue weighted by Gasteiger charge is 2.19. The van der Waals surface area contributed by atoms with Gasteiger partial charge in [0.25, 0.3) is 11.2 Å². The number of non-ortho nitro benzene ring substituents is 1. The van der Waals surface area contributed by atoms with Crippen molar-refractivity contribution in [1.29, 1.82) is 0 Å². The van der Waals surface area contributed by atoms with E-state index in [2.05, 4.69) is 10.3 Å². The molecule has 3 aromatic heterocycles. The van der Waals surface area contributed by atoms with Crippen LogP contribution < -0.4 is 5.56 Å². The fourth-order valence-electron chi connectivity index (χ4n) is 2.93. The number of hydrogen-bond acceptors (Lipinski definition) is 6. The van der Waals surface area contributed by atoms with Crippen molar-refractivity contribution in [2.24, 2.45) is 0 Å². The lowest BCUT2D eigenvalue weighted by Gasteiger charge is -2.10. The van der Waals surface area contributed by atoms with Crippen molar-refractivity contribution >= 4 is 39.9 Å². The van der Waals surface area contributed by atoms with Gasteiger partial charge in [0.05, 0.1) is 38.7 Å². The monoisotopic (exact) mass is 419 g/mol. The molecule has 0 N–H and O–H groups in total. The van der Waals surface area contributed by atoms with Gasteiger partial charge in [-0.15, -0.1) is 0 Å². The van der Waals surface area contributed by atoms with Crippen molar-refractivity contribution in [1.82, 2.24) is 19.5 Å². The molecule has 0 aliphatic heterocycles. The predicted octanol–water partition coefficient (Wildman–Crippen LogP) is 3.75. The van der Waals surface area contributed by atoms with Gasteiger partial charge >= 0.3 is 0 Å². The summed E-state index contributed by atoms with van der Waals surface area (Å²) in [4.78, 5) is 22.8. The smallest absolute Gasteiger partial charge is 0.272 e. The molecule has 4 rings (SSSR count). The molecule has 0 saturated heterocycles. The van der Waals surface area contributed by atoms with Crippen LogP contribution in [0.4, 0.5) is 5.69 Å². The van der Waals surface area contributed by atoms with E-state index in [4.69, 9.17) is 27.7 Å². The Balaban J connectivity index is 1.88. The third-order valence-electron chi connectivity index (χ3n) is 4.15. The highest BCUT2D eigenvalue weighted by molar-refractivity contribution is 6.38. The van der Waals surface area contributed by atoms with Gasteiger partial charge in [-0.25, -0.2) is 4.68 Å². The van der Waals surface area contributed by atoms with Crippen LogP contribution in [0.2, 0.25) is 10.0 Å². The van der Waals surface area contributed by atoms with Crippen molar-refractivity contribution in [2.45, 2.75) is 13.5 Å². The van der Waals surface area contributed by atoms with Crippen molar-refractivity contribution < 1.29 is 9.45 Å². The molecule has 3 heterocycles. The average molecular weight is 420 g/mol. The topological polar surface area (TPSA) is 109 Å². The molecule has 0 aliphatic carbocycles. The summed E-state index contributed by atoms with van der Waals surface area (Å²) in [6, 6.07) is 7.11. The van der Waals surface area contributed by atoms with E-state index in [9.17, 15) is 14.9 Å². The lowest BCUT2D eigenvalue weighted by atomic mass is 10.2. The average Bonchev–Trinajstić information content (AvgIpc) is 3.23. The van der Waals surface area contributed by atoms with E-state index in [0.29, 0.717) is 22.5 Å². The lowest BCUT2D eigenvalue weighted by Crippen LogP contribution is -2.20. The summed E-state index contributed by atoms with van der Waals surface area (Å²) in [5.41, 5.74) is 1.48. The van der Waals surface area contributed by atoms with Gasteiger partial charge in [-0.05, 0) is 13.0 Å². The second-order valence-electron chi connectivity index (χ2n) is 6.03. The molecule has 0 fully saturated rings.